The van der Waals surface area contributed by atoms with E-state index in [0.717, 1.165) is 31.1 Å². The fraction of sp³-hybridized carbons (Fsp3) is 0.462. The molecule has 1 unspecified atom stereocenters. The van der Waals surface area contributed by atoms with Crippen LogP contribution in [-0.4, -0.2) is 30.6 Å². The van der Waals surface area contributed by atoms with E-state index in [2.05, 4.69) is 22.4 Å². The van der Waals surface area contributed by atoms with Gasteiger partial charge in [0.25, 0.3) is 0 Å². The fourth-order valence-corrected chi connectivity index (χ4v) is 2.44. The van der Waals surface area contributed by atoms with Crippen LogP contribution in [0.2, 0.25) is 5.02 Å². The van der Waals surface area contributed by atoms with Gasteiger partial charge in [-0.25, -0.2) is 0 Å². The second-order valence-corrected chi connectivity index (χ2v) is 4.83. The van der Waals surface area contributed by atoms with E-state index in [1.54, 1.807) is 0 Å². The number of likely N-dealkylation sites (tertiary alicyclic amines) is 1. The molecule has 1 saturated heterocycles. The van der Waals surface area contributed by atoms with Crippen LogP contribution in [0, 0.1) is 11.3 Å². The standard InChI is InChI=1S/C13H16ClN3/c14-12-3-1-2-11(8-12)9-17-7-4-13(10-17)16-6-5-15/h1-3,8,13,16H,4,6-7,9-10H2. The largest absolute Gasteiger partial charge is 0.300 e. The number of hydrogen-bond donors (Lipinski definition) is 1. The van der Waals surface area contributed by atoms with Gasteiger partial charge in [0.15, 0.2) is 0 Å². The van der Waals surface area contributed by atoms with Crippen LogP contribution < -0.4 is 5.32 Å². The summed E-state index contributed by atoms with van der Waals surface area (Å²) in [7, 11) is 0. The summed E-state index contributed by atoms with van der Waals surface area (Å²) in [4.78, 5) is 2.39. The third-order valence-corrected chi connectivity index (χ3v) is 3.27. The number of nitriles is 1. The number of rotatable bonds is 4. The van der Waals surface area contributed by atoms with Gasteiger partial charge in [-0.05, 0) is 24.1 Å². The Hall–Kier alpha value is -1.08. The molecule has 1 aromatic carbocycles. The van der Waals surface area contributed by atoms with Gasteiger partial charge in [0.05, 0.1) is 12.6 Å². The van der Waals surface area contributed by atoms with Crippen LogP contribution in [0.3, 0.4) is 0 Å². The first-order valence-corrected chi connectivity index (χ1v) is 6.23. The SMILES string of the molecule is N#CCNC1CCN(Cc2cccc(Cl)c2)C1. The van der Waals surface area contributed by atoms with Crippen molar-refractivity contribution in [3.63, 3.8) is 0 Å². The summed E-state index contributed by atoms with van der Waals surface area (Å²) in [5, 5.41) is 12.5. The minimum atomic E-state index is 0.440. The summed E-state index contributed by atoms with van der Waals surface area (Å²) < 4.78 is 0. The van der Waals surface area contributed by atoms with E-state index in [1.807, 2.05) is 18.2 Å². The molecule has 1 aromatic rings. The molecule has 1 aliphatic heterocycles. The van der Waals surface area contributed by atoms with E-state index in [-0.39, 0.29) is 0 Å². The van der Waals surface area contributed by atoms with Crippen molar-refractivity contribution < 1.29 is 0 Å². The molecule has 90 valence electrons. The molecule has 0 radical (unpaired) electrons. The van der Waals surface area contributed by atoms with Crippen LogP contribution in [0.5, 0.6) is 0 Å². The van der Waals surface area contributed by atoms with Crippen LogP contribution in [0.4, 0.5) is 0 Å². The molecule has 0 aromatic heterocycles. The van der Waals surface area contributed by atoms with Crippen molar-refractivity contribution in [2.45, 2.75) is 19.0 Å². The van der Waals surface area contributed by atoms with Crippen LogP contribution in [0.15, 0.2) is 24.3 Å². The molecule has 17 heavy (non-hydrogen) atoms. The van der Waals surface area contributed by atoms with Gasteiger partial charge in [-0.3, -0.25) is 4.90 Å². The lowest BCUT2D eigenvalue weighted by molar-refractivity contribution is 0.321. The van der Waals surface area contributed by atoms with Crippen molar-refractivity contribution in [2.75, 3.05) is 19.6 Å². The maximum atomic E-state index is 8.52. The van der Waals surface area contributed by atoms with E-state index in [9.17, 15) is 0 Å². The Morgan fingerprint density at radius 1 is 1.53 bits per heavy atom. The quantitative estimate of drug-likeness (QED) is 0.830. The van der Waals surface area contributed by atoms with Gasteiger partial charge < -0.3 is 5.32 Å². The second kappa shape index (κ2) is 6.02. The molecule has 0 amide bonds. The van der Waals surface area contributed by atoms with Gasteiger partial charge in [0.2, 0.25) is 0 Å². The van der Waals surface area contributed by atoms with Gasteiger partial charge in [-0.15, -0.1) is 0 Å². The minimum Gasteiger partial charge on any atom is -0.300 e. The van der Waals surface area contributed by atoms with Crippen molar-refractivity contribution >= 4 is 11.6 Å². The molecule has 1 atom stereocenters. The summed E-state index contributed by atoms with van der Waals surface area (Å²) >= 11 is 5.96. The van der Waals surface area contributed by atoms with E-state index >= 15 is 0 Å². The molecule has 0 bridgehead atoms. The molecule has 2 rings (SSSR count). The molecular weight excluding hydrogens is 234 g/mol. The van der Waals surface area contributed by atoms with Gasteiger partial charge in [0.1, 0.15) is 0 Å². The molecule has 1 fully saturated rings. The normalized spacial score (nSPS) is 20.4. The van der Waals surface area contributed by atoms with Crippen molar-refractivity contribution in [3.8, 4) is 6.07 Å². The molecule has 1 aliphatic rings. The number of nitrogens with zero attached hydrogens (tertiary/aromatic N) is 2. The maximum absolute atomic E-state index is 8.52. The predicted octanol–water partition coefficient (Wildman–Crippen LogP) is 2.03. The smallest absolute Gasteiger partial charge is 0.0843 e. The third kappa shape index (κ3) is 3.71. The zero-order valence-corrected chi connectivity index (χ0v) is 10.5. The van der Waals surface area contributed by atoms with E-state index in [1.165, 1.54) is 5.56 Å². The average molecular weight is 250 g/mol. The Morgan fingerprint density at radius 3 is 3.18 bits per heavy atom. The Bertz CT molecular complexity index is 413. The molecule has 1 N–H and O–H groups in total. The van der Waals surface area contributed by atoms with Crippen LogP contribution in [-0.2, 0) is 6.54 Å². The second-order valence-electron chi connectivity index (χ2n) is 4.39. The molecule has 0 saturated carbocycles. The number of nitrogens with one attached hydrogen (secondary N) is 1. The van der Waals surface area contributed by atoms with Crippen molar-refractivity contribution in [3.05, 3.63) is 34.9 Å². The van der Waals surface area contributed by atoms with Gasteiger partial charge >= 0.3 is 0 Å². The number of hydrogen-bond acceptors (Lipinski definition) is 3. The minimum absolute atomic E-state index is 0.440. The molecule has 3 nitrogen and oxygen atoms in total. The van der Waals surface area contributed by atoms with Crippen LogP contribution in [0.25, 0.3) is 0 Å². The lowest BCUT2D eigenvalue weighted by Crippen LogP contribution is -2.32. The molecular formula is C13H16ClN3. The van der Waals surface area contributed by atoms with Crippen LogP contribution in [0.1, 0.15) is 12.0 Å². The summed E-state index contributed by atoms with van der Waals surface area (Å²) in [5.41, 5.74) is 1.25. The highest BCUT2D eigenvalue weighted by Gasteiger charge is 2.21. The molecule has 0 aliphatic carbocycles. The average Bonchev–Trinajstić information content (AvgIpc) is 2.74. The molecule has 4 heteroatoms. The summed E-state index contributed by atoms with van der Waals surface area (Å²) in [6.07, 6.45) is 1.11. The first-order valence-electron chi connectivity index (χ1n) is 5.85. The summed E-state index contributed by atoms with van der Waals surface area (Å²) in [6.45, 7) is 3.46. The first-order chi connectivity index (χ1) is 8.28. The highest BCUT2D eigenvalue weighted by Crippen LogP contribution is 2.16. The lowest BCUT2D eigenvalue weighted by Gasteiger charge is -2.16. The zero-order valence-electron chi connectivity index (χ0n) is 9.69. The van der Waals surface area contributed by atoms with Gasteiger partial charge in [-0.1, -0.05) is 23.7 Å². The maximum Gasteiger partial charge on any atom is 0.0843 e. The highest BCUT2D eigenvalue weighted by molar-refractivity contribution is 6.30. The topological polar surface area (TPSA) is 39.1 Å². The number of halogens is 1. The first kappa shape index (κ1) is 12.4. The Morgan fingerprint density at radius 2 is 2.41 bits per heavy atom. The fourth-order valence-electron chi connectivity index (χ4n) is 2.23. The summed E-state index contributed by atoms with van der Waals surface area (Å²) in [5.74, 6) is 0. The van der Waals surface area contributed by atoms with E-state index in [0.29, 0.717) is 12.6 Å². The van der Waals surface area contributed by atoms with E-state index in [4.69, 9.17) is 16.9 Å². The predicted molar refractivity (Wildman–Crippen MR) is 68.7 cm³/mol. The van der Waals surface area contributed by atoms with Crippen molar-refractivity contribution in [1.29, 1.82) is 5.26 Å². The van der Waals surface area contributed by atoms with Gasteiger partial charge in [-0.2, -0.15) is 5.26 Å². The Kier molecular flexibility index (Phi) is 4.38. The highest BCUT2D eigenvalue weighted by atomic mass is 35.5. The van der Waals surface area contributed by atoms with E-state index < -0.39 is 0 Å². The van der Waals surface area contributed by atoms with Gasteiger partial charge in [0, 0.05) is 30.7 Å². The summed E-state index contributed by atoms with van der Waals surface area (Å²) in [6, 6.07) is 10.6. The zero-order chi connectivity index (χ0) is 12.1. The van der Waals surface area contributed by atoms with Crippen LogP contribution >= 0.6 is 11.6 Å². The number of benzene rings is 1. The molecule has 1 heterocycles. The lowest BCUT2D eigenvalue weighted by atomic mass is 10.2. The van der Waals surface area contributed by atoms with Crippen molar-refractivity contribution in [1.82, 2.24) is 10.2 Å². The Balaban J connectivity index is 1.83. The Labute approximate surface area is 107 Å². The molecule has 0 spiro atoms. The third-order valence-electron chi connectivity index (χ3n) is 3.04. The van der Waals surface area contributed by atoms with Crippen molar-refractivity contribution in [2.24, 2.45) is 0 Å². The monoisotopic (exact) mass is 249 g/mol.